The second-order valence-corrected chi connectivity index (χ2v) is 14.5. The highest BCUT2D eigenvalue weighted by molar-refractivity contribution is 7.89. The molecule has 0 radical (unpaired) electrons. The van der Waals surface area contributed by atoms with Gasteiger partial charge in [0.05, 0.1) is 11.5 Å². The first-order valence-corrected chi connectivity index (χ1v) is 18.3. The first-order chi connectivity index (χ1) is 24.1. The van der Waals surface area contributed by atoms with E-state index >= 15 is 0 Å². The number of carbonyl (C=O) groups is 2. The zero-order valence-electron chi connectivity index (χ0n) is 28.6. The summed E-state index contributed by atoms with van der Waals surface area (Å²) in [5, 5.41) is 19.1. The van der Waals surface area contributed by atoms with Crippen LogP contribution < -0.4 is 21.7 Å². The zero-order valence-corrected chi connectivity index (χ0v) is 29.4. The SMILES string of the molecule is CC(C)CN([C@H](CO)CCCCNC(=O)[C@@H](NC(=O)NCc1cccnc1)C(c1ccccc1)c1ccccc1)S(=O)(=O)c1ccc(N)cc1. The number of sulfonamides is 1. The number of nitrogens with two attached hydrogens (primary N) is 1. The molecule has 3 amide bonds. The summed E-state index contributed by atoms with van der Waals surface area (Å²) in [6, 6.07) is 26.7. The normalized spacial score (nSPS) is 12.8. The molecule has 2 atom stereocenters. The summed E-state index contributed by atoms with van der Waals surface area (Å²) in [7, 11) is -3.89. The molecule has 3 aromatic carbocycles. The van der Waals surface area contributed by atoms with Crippen LogP contribution >= 0.6 is 0 Å². The van der Waals surface area contributed by atoms with Crippen molar-refractivity contribution in [1.82, 2.24) is 25.2 Å². The lowest BCUT2D eigenvalue weighted by Gasteiger charge is -2.31. The molecule has 0 unspecified atom stereocenters. The maximum atomic E-state index is 13.9. The predicted octanol–water partition coefficient (Wildman–Crippen LogP) is 4.66. The summed E-state index contributed by atoms with van der Waals surface area (Å²) in [5.74, 6) is -0.811. The van der Waals surface area contributed by atoms with Gasteiger partial charge in [0.25, 0.3) is 0 Å². The Kier molecular flexibility index (Phi) is 14.3. The standard InChI is InChI=1S/C38H48N6O5S/c1-28(2)26-44(50(48,49)34-20-18-32(39)19-21-34)33(27-45)17-9-10-23-41-37(46)36(43-38(47)42-25-29-12-11-22-40-24-29)35(30-13-5-3-6-14-30)31-15-7-4-8-16-31/h3-8,11-16,18-22,24,28,33,35-36,45H,9-10,17,23,25-27,39H2,1-2H3,(H,41,46)(H2,42,43,47)/t33-,36-/m0/s1. The molecule has 12 heteroatoms. The van der Waals surface area contributed by atoms with Crippen LogP contribution in [0.3, 0.4) is 0 Å². The van der Waals surface area contributed by atoms with Crippen LogP contribution in [0, 0.1) is 5.92 Å². The van der Waals surface area contributed by atoms with Gasteiger partial charge in [-0.3, -0.25) is 9.78 Å². The molecular formula is C38H48N6O5S. The molecule has 0 saturated heterocycles. The van der Waals surface area contributed by atoms with Gasteiger partial charge in [0.15, 0.2) is 0 Å². The van der Waals surface area contributed by atoms with Gasteiger partial charge >= 0.3 is 6.03 Å². The summed E-state index contributed by atoms with van der Waals surface area (Å²) in [5.41, 5.74) is 8.79. The number of carbonyl (C=O) groups excluding carboxylic acids is 2. The number of unbranched alkanes of at least 4 members (excludes halogenated alkanes) is 1. The van der Waals surface area contributed by atoms with E-state index in [1.165, 1.54) is 16.4 Å². The van der Waals surface area contributed by atoms with Gasteiger partial charge < -0.3 is 26.8 Å². The van der Waals surface area contributed by atoms with E-state index in [0.717, 1.165) is 16.7 Å². The molecule has 0 spiro atoms. The third-order valence-electron chi connectivity index (χ3n) is 8.31. The Morgan fingerprint density at radius 3 is 2.06 bits per heavy atom. The molecule has 0 aliphatic heterocycles. The van der Waals surface area contributed by atoms with Crippen LogP contribution in [0.25, 0.3) is 0 Å². The van der Waals surface area contributed by atoms with Crippen LogP contribution in [0.1, 0.15) is 55.7 Å². The third-order valence-corrected chi connectivity index (χ3v) is 10.2. The number of rotatable bonds is 18. The number of hydrogen-bond acceptors (Lipinski definition) is 7. The van der Waals surface area contributed by atoms with Crippen LogP contribution in [0.4, 0.5) is 10.5 Å². The average Bonchev–Trinajstić information content (AvgIpc) is 3.12. The topological polar surface area (TPSA) is 167 Å². The van der Waals surface area contributed by atoms with Gasteiger partial charge in [0.1, 0.15) is 6.04 Å². The smallest absolute Gasteiger partial charge is 0.315 e. The molecule has 50 heavy (non-hydrogen) atoms. The lowest BCUT2D eigenvalue weighted by Crippen LogP contribution is -2.53. The highest BCUT2D eigenvalue weighted by Crippen LogP contribution is 2.29. The Balaban J connectivity index is 1.45. The summed E-state index contributed by atoms with van der Waals surface area (Å²) >= 11 is 0. The molecule has 0 saturated carbocycles. The number of benzene rings is 3. The molecule has 0 fully saturated rings. The van der Waals surface area contributed by atoms with Crippen molar-refractivity contribution in [3.63, 3.8) is 0 Å². The molecule has 4 aromatic rings. The van der Waals surface area contributed by atoms with E-state index in [4.69, 9.17) is 5.73 Å². The van der Waals surface area contributed by atoms with Gasteiger partial charge in [-0.15, -0.1) is 0 Å². The van der Waals surface area contributed by atoms with Crippen LogP contribution in [-0.2, 0) is 21.4 Å². The largest absolute Gasteiger partial charge is 0.399 e. The number of urea groups is 1. The van der Waals surface area contributed by atoms with E-state index < -0.39 is 34.1 Å². The van der Waals surface area contributed by atoms with Crippen molar-refractivity contribution in [3.05, 3.63) is 126 Å². The quantitative estimate of drug-likeness (QED) is 0.0744. The zero-order chi connectivity index (χ0) is 35.9. The van der Waals surface area contributed by atoms with Crippen molar-refractivity contribution in [2.45, 2.75) is 62.6 Å². The highest BCUT2D eigenvalue weighted by Gasteiger charge is 2.33. The monoisotopic (exact) mass is 700 g/mol. The second-order valence-electron chi connectivity index (χ2n) is 12.6. The van der Waals surface area contributed by atoms with Crippen LogP contribution in [-0.4, -0.2) is 66.5 Å². The number of aliphatic hydroxyl groups is 1. The maximum Gasteiger partial charge on any atom is 0.315 e. The summed E-state index contributed by atoms with van der Waals surface area (Å²) in [6.07, 6.45) is 4.78. The Morgan fingerprint density at radius 1 is 0.860 bits per heavy atom. The van der Waals surface area contributed by atoms with Crippen LogP contribution in [0.15, 0.2) is 114 Å². The minimum Gasteiger partial charge on any atom is -0.399 e. The van der Waals surface area contributed by atoms with Crippen molar-refractivity contribution in [2.24, 2.45) is 5.92 Å². The van der Waals surface area contributed by atoms with Gasteiger partial charge in [-0.1, -0.05) is 87.0 Å². The summed E-state index contributed by atoms with van der Waals surface area (Å²) < 4.78 is 28.6. The van der Waals surface area contributed by atoms with Gasteiger partial charge in [0.2, 0.25) is 15.9 Å². The Labute approximate surface area is 295 Å². The maximum absolute atomic E-state index is 13.9. The highest BCUT2D eigenvalue weighted by atomic mass is 32.2. The Bertz CT molecular complexity index is 1690. The lowest BCUT2D eigenvalue weighted by atomic mass is 9.84. The summed E-state index contributed by atoms with van der Waals surface area (Å²) in [6.45, 7) is 4.28. The number of aliphatic hydroxyl groups excluding tert-OH is 1. The van der Waals surface area contributed by atoms with Crippen LogP contribution in [0.5, 0.6) is 0 Å². The average molecular weight is 701 g/mol. The van der Waals surface area contributed by atoms with E-state index in [0.29, 0.717) is 24.9 Å². The molecule has 11 nitrogen and oxygen atoms in total. The summed E-state index contributed by atoms with van der Waals surface area (Å²) in [4.78, 5) is 31.4. The first-order valence-electron chi connectivity index (χ1n) is 16.9. The van der Waals surface area contributed by atoms with E-state index in [9.17, 15) is 23.1 Å². The number of nitrogens with one attached hydrogen (secondary N) is 3. The number of aromatic nitrogens is 1. The second kappa shape index (κ2) is 18.8. The fourth-order valence-electron chi connectivity index (χ4n) is 5.81. The molecule has 1 aromatic heterocycles. The fourth-order valence-corrected chi connectivity index (χ4v) is 7.62. The predicted molar refractivity (Wildman–Crippen MR) is 195 cm³/mol. The molecule has 0 bridgehead atoms. The Hall–Kier alpha value is -4.78. The number of anilines is 1. The molecule has 0 aliphatic carbocycles. The van der Waals surface area contributed by atoms with Gasteiger partial charge in [-0.05, 0) is 65.8 Å². The number of amides is 3. The number of hydrogen-bond donors (Lipinski definition) is 5. The van der Waals surface area contributed by atoms with Gasteiger partial charge in [-0.2, -0.15) is 4.31 Å². The molecular weight excluding hydrogens is 653 g/mol. The van der Waals surface area contributed by atoms with Gasteiger partial charge in [-0.25, -0.2) is 13.2 Å². The van der Waals surface area contributed by atoms with Crippen molar-refractivity contribution in [2.75, 3.05) is 25.4 Å². The van der Waals surface area contributed by atoms with Gasteiger partial charge in [0, 0.05) is 49.7 Å². The van der Waals surface area contributed by atoms with E-state index in [1.807, 2.05) is 80.6 Å². The lowest BCUT2D eigenvalue weighted by molar-refractivity contribution is -0.123. The van der Waals surface area contributed by atoms with Crippen LogP contribution in [0.2, 0.25) is 0 Å². The molecule has 266 valence electrons. The minimum atomic E-state index is -3.89. The number of pyridine rings is 1. The number of nitrogen functional groups attached to an aromatic ring is 1. The number of nitrogens with zero attached hydrogens (tertiary/aromatic N) is 2. The first kappa shape index (κ1) is 38.0. The third kappa shape index (κ3) is 10.9. The van der Waals surface area contributed by atoms with Crippen molar-refractivity contribution in [3.8, 4) is 0 Å². The van der Waals surface area contributed by atoms with E-state index in [2.05, 4.69) is 20.9 Å². The van der Waals surface area contributed by atoms with Crippen molar-refractivity contribution < 1.29 is 23.1 Å². The minimum absolute atomic E-state index is 0.0278. The van der Waals surface area contributed by atoms with Crippen molar-refractivity contribution in [1.29, 1.82) is 0 Å². The molecule has 4 rings (SSSR count). The fraction of sp³-hybridized carbons (Fsp3) is 0.342. The van der Waals surface area contributed by atoms with Crippen molar-refractivity contribution >= 4 is 27.6 Å². The van der Waals surface area contributed by atoms with E-state index in [1.54, 1.807) is 30.6 Å². The molecule has 0 aliphatic rings. The Morgan fingerprint density at radius 2 is 1.50 bits per heavy atom. The van der Waals surface area contributed by atoms with E-state index in [-0.39, 0.29) is 43.0 Å². The molecule has 6 N–H and O–H groups in total. The molecule has 1 heterocycles.